The fourth-order valence-electron chi connectivity index (χ4n) is 2.38. The van der Waals surface area contributed by atoms with E-state index in [0.29, 0.717) is 10.7 Å². The predicted octanol–water partition coefficient (Wildman–Crippen LogP) is 3.69. The largest absolute Gasteiger partial charge is 0.275 e. The second-order valence-electron chi connectivity index (χ2n) is 5.61. The zero-order chi connectivity index (χ0) is 17.2. The first-order valence-electron chi connectivity index (χ1n) is 7.75. The molecule has 3 aromatic heterocycles. The molecule has 5 nitrogen and oxygen atoms in total. The number of hydrogen-bond donors (Lipinski definition) is 0. The third-order valence-electron chi connectivity index (χ3n) is 3.69. The Hall–Kier alpha value is -3.12. The fourth-order valence-corrected chi connectivity index (χ4v) is 3.30. The molecule has 25 heavy (non-hydrogen) atoms. The van der Waals surface area contributed by atoms with Gasteiger partial charge in [0.15, 0.2) is 0 Å². The summed E-state index contributed by atoms with van der Waals surface area (Å²) in [6.45, 7) is 2.04. The van der Waals surface area contributed by atoms with Crippen molar-refractivity contribution in [1.82, 2.24) is 19.6 Å². The Morgan fingerprint density at radius 2 is 1.96 bits per heavy atom. The topological polar surface area (TPSA) is 60.2 Å². The van der Waals surface area contributed by atoms with Gasteiger partial charge in [-0.15, -0.1) is 0 Å². The first kappa shape index (κ1) is 15.4. The zero-order valence-electron chi connectivity index (χ0n) is 13.5. The van der Waals surface area contributed by atoms with Gasteiger partial charge in [0, 0.05) is 24.0 Å². The molecule has 0 saturated heterocycles. The minimum atomic E-state index is -0.189. The van der Waals surface area contributed by atoms with Crippen LogP contribution in [0.1, 0.15) is 16.8 Å². The van der Waals surface area contributed by atoms with E-state index in [0.717, 1.165) is 16.1 Å². The summed E-state index contributed by atoms with van der Waals surface area (Å²) in [4.78, 5) is 21.5. The predicted molar refractivity (Wildman–Crippen MR) is 100 cm³/mol. The first-order chi connectivity index (χ1) is 12.2. The molecule has 3 heterocycles. The molecule has 4 aromatic rings. The number of aromatic nitrogens is 4. The molecule has 0 N–H and O–H groups in total. The van der Waals surface area contributed by atoms with Crippen molar-refractivity contribution in [3.8, 4) is 10.6 Å². The van der Waals surface area contributed by atoms with E-state index >= 15 is 0 Å². The summed E-state index contributed by atoms with van der Waals surface area (Å²) in [5, 5.41) is 5.17. The van der Waals surface area contributed by atoms with Gasteiger partial charge in [-0.05, 0) is 24.6 Å². The van der Waals surface area contributed by atoms with Crippen molar-refractivity contribution in [1.29, 1.82) is 0 Å². The molecule has 6 heteroatoms. The monoisotopic (exact) mass is 346 g/mol. The second-order valence-corrected chi connectivity index (χ2v) is 6.56. The van der Waals surface area contributed by atoms with Crippen LogP contribution in [0.5, 0.6) is 0 Å². The van der Waals surface area contributed by atoms with E-state index in [-0.39, 0.29) is 5.56 Å². The minimum Gasteiger partial charge on any atom is -0.267 e. The quantitative estimate of drug-likeness (QED) is 0.568. The first-order valence-corrected chi connectivity index (χ1v) is 8.57. The van der Waals surface area contributed by atoms with Gasteiger partial charge in [0.05, 0.1) is 5.69 Å². The molecule has 0 aliphatic rings. The van der Waals surface area contributed by atoms with Crippen LogP contribution in [0.4, 0.5) is 0 Å². The molecule has 1 aromatic carbocycles. The lowest BCUT2D eigenvalue weighted by Crippen LogP contribution is -2.14. The van der Waals surface area contributed by atoms with Crippen molar-refractivity contribution in [3.63, 3.8) is 0 Å². The van der Waals surface area contributed by atoms with Gasteiger partial charge >= 0.3 is 0 Å². The number of fused-ring (bicyclic) bond motifs is 1. The molecular weight excluding hydrogens is 332 g/mol. The summed E-state index contributed by atoms with van der Waals surface area (Å²) >= 11 is 1.40. The highest BCUT2D eigenvalue weighted by Crippen LogP contribution is 2.24. The third-order valence-corrected chi connectivity index (χ3v) is 4.65. The van der Waals surface area contributed by atoms with Crippen molar-refractivity contribution in [2.45, 2.75) is 6.92 Å². The number of nitrogens with zero attached hydrogens (tertiary/aromatic N) is 4. The molecule has 4 rings (SSSR count). The maximum atomic E-state index is 12.3. The van der Waals surface area contributed by atoms with Crippen LogP contribution in [-0.4, -0.2) is 19.6 Å². The minimum absolute atomic E-state index is 0.189. The Labute approximate surface area is 148 Å². The van der Waals surface area contributed by atoms with Crippen LogP contribution < -0.4 is 5.56 Å². The lowest BCUT2D eigenvalue weighted by Gasteiger charge is -1.95. The van der Waals surface area contributed by atoms with E-state index < -0.39 is 0 Å². The average Bonchev–Trinajstić information content (AvgIpc) is 3.06. The van der Waals surface area contributed by atoms with Gasteiger partial charge in [0.1, 0.15) is 5.01 Å². The maximum absolute atomic E-state index is 12.3. The average molecular weight is 346 g/mol. The Morgan fingerprint density at radius 1 is 1.12 bits per heavy atom. The van der Waals surface area contributed by atoms with Crippen LogP contribution in [0.25, 0.3) is 27.7 Å². The third kappa shape index (κ3) is 3.25. The van der Waals surface area contributed by atoms with Crippen LogP contribution >= 0.6 is 11.3 Å². The standard InChI is InChI=1S/C19H14N4OS/c1-13-4-7-15(8-5-13)18-22-23-17(24)11-16(21-19(23)25-18)9-6-14-3-2-10-20-12-14/h2-12H,1H3. The van der Waals surface area contributed by atoms with Crippen molar-refractivity contribution in [3.05, 3.63) is 82.0 Å². The van der Waals surface area contributed by atoms with E-state index in [1.54, 1.807) is 12.4 Å². The van der Waals surface area contributed by atoms with E-state index in [2.05, 4.69) is 15.1 Å². The molecule has 0 bridgehead atoms. The van der Waals surface area contributed by atoms with Gasteiger partial charge in [0.25, 0.3) is 5.56 Å². The van der Waals surface area contributed by atoms with Gasteiger partial charge in [0.2, 0.25) is 4.96 Å². The molecule has 0 aliphatic carbocycles. The lowest BCUT2D eigenvalue weighted by molar-refractivity contribution is 0.901. The fraction of sp³-hybridized carbons (Fsp3) is 0.0526. The van der Waals surface area contributed by atoms with Crippen LogP contribution in [0.2, 0.25) is 0 Å². The molecule has 0 radical (unpaired) electrons. The highest BCUT2D eigenvalue weighted by molar-refractivity contribution is 7.19. The van der Waals surface area contributed by atoms with Crippen molar-refractivity contribution >= 4 is 28.4 Å². The molecule has 122 valence electrons. The van der Waals surface area contributed by atoms with Gasteiger partial charge in [-0.2, -0.15) is 9.61 Å². The maximum Gasteiger partial charge on any atom is 0.275 e. The molecule has 0 spiro atoms. The Bertz CT molecular complexity index is 1110. The number of pyridine rings is 1. The normalized spacial score (nSPS) is 11.4. The van der Waals surface area contributed by atoms with Crippen molar-refractivity contribution in [2.24, 2.45) is 0 Å². The van der Waals surface area contributed by atoms with Gasteiger partial charge in [-0.1, -0.05) is 53.3 Å². The summed E-state index contributed by atoms with van der Waals surface area (Å²) in [6, 6.07) is 13.3. The lowest BCUT2D eigenvalue weighted by atomic mass is 10.2. The number of aryl methyl sites for hydroxylation is 1. The van der Waals surface area contributed by atoms with Gasteiger partial charge < -0.3 is 0 Å². The molecule has 0 atom stereocenters. The van der Waals surface area contributed by atoms with Crippen molar-refractivity contribution in [2.75, 3.05) is 0 Å². The Morgan fingerprint density at radius 3 is 2.72 bits per heavy atom. The molecule has 0 saturated carbocycles. The Balaban J connectivity index is 1.73. The summed E-state index contributed by atoms with van der Waals surface area (Å²) in [5.41, 5.74) is 3.53. The highest BCUT2D eigenvalue weighted by atomic mass is 32.1. The Kier molecular flexibility index (Phi) is 3.95. The molecule has 0 aliphatic heterocycles. The molecule has 0 unspecified atom stereocenters. The van der Waals surface area contributed by atoms with E-state index in [1.165, 1.54) is 27.5 Å². The van der Waals surface area contributed by atoms with E-state index in [1.807, 2.05) is 55.5 Å². The van der Waals surface area contributed by atoms with Crippen LogP contribution in [0.15, 0.2) is 59.7 Å². The van der Waals surface area contributed by atoms with Crippen LogP contribution in [0.3, 0.4) is 0 Å². The summed E-state index contributed by atoms with van der Waals surface area (Å²) in [7, 11) is 0. The second kappa shape index (κ2) is 6.41. The number of benzene rings is 1. The van der Waals surface area contributed by atoms with Gasteiger partial charge in [-0.25, -0.2) is 4.98 Å². The van der Waals surface area contributed by atoms with Crippen LogP contribution in [-0.2, 0) is 0 Å². The summed E-state index contributed by atoms with van der Waals surface area (Å²) < 4.78 is 1.35. The molecule has 0 amide bonds. The molecular formula is C19H14N4OS. The molecule has 0 fully saturated rings. The van der Waals surface area contributed by atoms with E-state index in [9.17, 15) is 4.79 Å². The zero-order valence-corrected chi connectivity index (χ0v) is 14.3. The smallest absolute Gasteiger partial charge is 0.267 e. The van der Waals surface area contributed by atoms with Gasteiger partial charge in [-0.3, -0.25) is 9.78 Å². The summed E-state index contributed by atoms with van der Waals surface area (Å²) in [5.74, 6) is 0. The highest BCUT2D eigenvalue weighted by Gasteiger charge is 2.09. The summed E-state index contributed by atoms with van der Waals surface area (Å²) in [6.07, 6.45) is 7.17. The van der Waals surface area contributed by atoms with Crippen molar-refractivity contribution < 1.29 is 0 Å². The van der Waals surface area contributed by atoms with Crippen LogP contribution in [0, 0.1) is 6.92 Å². The SMILES string of the molecule is Cc1ccc(-c2nn3c(=O)cc(C=Cc4cccnc4)nc3s2)cc1. The number of rotatable bonds is 3. The van der Waals surface area contributed by atoms with E-state index in [4.69, 9.17) is 0 Å². The number of hydrogen-bond acceptors (Lipinski definition) is 5.